The molecule has 0 aliphatic carbocycles. The first-order valence-corrected chi connectivity index (χ1v) is 8.30. The maximum atomic E-state index is 13.2. The van der Waals surface area contributed by atoms with E-state index in [1.165, 1.54) is 31.8 Å². The molecule has 0 radical (unpaired) electrons. The van der Waals surface area contributed by atoms with Gasteiger partial charge in [0, 0.05) is 15.6 Å². The summed E-state index contributed by atoms with van der Waals surface area (Å²) in [7, 11) is 1.45. The van der Waals surface area contributed by atoms with Gasteiger partial charge in [0.05, 0.1) is 12.7 Å². The van der Waals surface area contributed by atoms with E-state index >= 15 is 0 Å². The van der Waals surface area contributed by atoms with Crippen LogP contribution in [0.2, 0.25) is 0 Å². The zero-order chi connectivity index (χ0) is 18.7. The van der Waals surface area contributed by atoms with Crippen molar-refractivity contribution in [3.05, 3.63) is 70.1 Å². The fourth-order valence-corrected chi connectivity index (χ4v) is 2.80. The Labute approximate surface area is 156 Å². The van der Waals surface area contributed by atoms with E-state index in [0.717, 1.165) is 6.07 Å². The standard InChI is InChI=1S/C18H14BrF3O4/c1-23-16-8-11(17-24-6-7-25-17)3-5-15(16)26-10-12-2-4-13(19)9-14(12)18(20,21)22/h2-9,17H,10H2,1H3. The number of halogens is 4. The fraction of sp³-hybridized carbons (Fsp3) is 0.222. The molecule has 0 amide bonds. The molecule has 1 heterocycles. The van der Waals surface area contributed by atoms with Gasteiger partial charge in [0.1, 0.15) is 19.1 Å². The van der Waals surface area contributed by atoms with E-state index in [9.17, 15) is 13.2 Å². The molecule has 138 valence electrons. The Hall–Kier alpha value is -2.35. The highest BCUT2D eigenvalue weighted by atomic mass is 79.9. The van der Waals surface area contributed by atoms with Crippen LogP contribution in [0.5, 0.6) is 11.5 Å². The lowest BCUT2D eigenvalue weighted by Gasteiger charge is -2.17. The number of ether oxygens (including phenoxy) is 4. The monoisotopic (exact) mass is 430 g/mol. The molecule has 8 heteroatoms. The predicted molar refractivity (Wildman–Crippen MR) is 90.5 cm³/mol. The topological polar surface area (TPSA) is 36.9 Å². The second kappa shape index (κ2) is 7.49. The first-order chi connectivity index (χ1) is 12.4. The van der Waals surface area contributed by atoms with Crippen molar-refractivity contribution in [2.45, 2.75) is 19.1 Å². The molecule has 0 saturated carbocycles. The van der Waals surface area contributed by atoms with Gasteiger partial charge < -0.3 is 18.9 Å². The van der Waals surface area contributed by atoms with E-state index in [1.807, 2.05) is 0 Å². The second-order valence-corrected chi connectivity index (χ2v) is 6.29. The number of hydrogen-bond acceptors (Lipinski definition) is 4. The molecule has 1 aliphatic heterocycles. The van der Waals surface area contributed by atoms with Crippen molar-refractivity contribution >= 4 is 15.9 Å². The quantitative estimate of drug-likeness (QED) is 0.620. The smallest absolute Gasteiger partial charge is 0.416 e. The summed E-state index contributed by atoms with van der Waals surface area (Å²) in [5.74, 6) is 0.686. The molecule has 1 aliphatic rings. The van der Waals surface area contributed by atoms with Crippen LogP contribution in [0.1, 0.15) is 23.0 Å². The summed E-state index contributed by atoms with van der Waals surface area (Å²) < 4.78 is 61.2. The minimum Gasteiger partial charge on any atom is -0.493 e. The van der Waals surface area contributed by atoms with Crippen LogP contribution in [-0.4, -0.2) is 7.11 Å². The van der Waals surface area contributed by atoms with Crippen molar-refractivity contribution in [1.29, 1.82) is 0 Å². The van der Waals surface area contributed by atoms with Gasteiger partial charge in [0.15, 0.2) is 11.5 Å². The SMILES string of the molecule is COc1cc(C2OC=CO2)ccc1OCc1ccc(Br)cc1C(F)(F)F. The summed E-state index contributed by atoms with van der Waals surface area (Å²) >= 11 is 3.06. The van der Waals surface area contributed by atoms with Gasteiger partial charge in [0.2, 0.25) is 0 Å². The molecule has 4 nitrogen and oxygen atoms in total. The summed E-state index contributed by atoms with van der Waals surface area (Å²) in [6.07, 6.45) is -2.21. The lowest BCUT2D eigenvalue weighted by molar-refractivity contribution is -0.138. The average Bonchev–Trinajstić information content (AvgIpc) is 3.14. The molecule has 2 aromatic rings. The highest BCUT2D eigenvalue weighted by Crippen LogP contribution is 2.36. The molecule has 0 spiro atoms. The number of rotatable bonds is 5. The Morgan fingerprint density at radius 2 is 1.77 bits per heavy atom. The number of hydrogen-bond donors (Lipinski definition) is 0. The Morgan fingerprint density at radius 1 is 1.04 bits per heavy atom. The van der Waals surface area contributed by atoms with E-state index < -0.39 is 18.0 Å². The molecule has 0 aromatic heterocycles. The van der Waals surface area contributed by atoms with Crippen LogP contribution in [0.3, 0.4) is 0 Å². The summed E-state index contributed by atoms with van der Waals surface area (Å²) in [5, 5.41) is 0. The number of methoxy groups -OCH3 is 1. The highest BCUT2D eigenvalue weighted by molar-refractivity contribution is 9.10. The lowest BCUT2D eigenvalue weighted by Crippen LogP contribution is -2.11. The van der Waals surface area contributed by atoms with Crippen molar-refractivity contribution < 1.29 is 32.1 Å². The van der Waals surface area contributed by atoms with Gasteiger partial charge in [-0.3, -0.25) is 0 Å². The molecule has 0 unspecified atom stereocenters. The predicted octanol–water partition coefficient (Wildman–Crippen LogP) is 5.57. The van der Waals surface area contributed by atoms with Crippen LogP contribution in [0.25, 0.3) is 0 Å². The van der Waals surface area contributed by atoms with Crippen molar-refractivity contribution in [1.82, 2.24) is 0 Å². The third-order valence-corrected chi connectivity index (χ3v) is 4.17. The van der Waals surface area contributed by atoms with Crippen LogP contribution >= 0.6 is 15.9 Å². The van der Waals surface area contributed by atoms with Gasteiger partial charge in [-0.1, -0.05) is 22.0 Å². The summed E-state index contributed by atoms with van der Waals surface area (Å²) in [5.41, 5.74) is -0.0291. The Balaban J connectivity index is 1.80. The Kier molecular flexibility index (Phi) is 5.31. The molecule has 2 aromatic carbocycles. The first kappa shape index (κ1) is 18.4. The molecular weight excluding hydrogens is 417 g/mol. The summed E-state index contributed by atoms with van der Waals surface area (Å²) in [4.78, 5) is 0. The maximum Gasteiger partial charge on any atom is 0.416 e. The summed E-state index contributed by atoms with van der Waals surface area (Å²) in [6.45, 7) is -0.254. The van der Waals surface area contributed by atoms with Gasteiger partial charge in [-0.05, 0) is 30.3 Å². The normalized spacial score (nSPS) is 14.0. The van der Waals surface area contributed by atoms with E-state index in [-0.39, 0.29) is 12.2 Å². The van der Waals surface area contributed by atoms with E-state index in [4.69, 9.17) is 18.9 Å². The molecule has 0 fully saturated rings. The van der Waals surface area contributed by atoms with Crippen molar-refractivity contribution in [2.24, 2.45) is 0 Å². The van der Waals surface area contributed by atoms with Crippen LogP contribution in [-0.2, 0) is 22.3 Å². The van der Waals surface area contributed by atoms with Gasteiger partial charge in [-0.15, -0.1) is 0 Å². The highest BCUT2D eigenvalue weighted by Gasteiger charge is 2.33. The molecular formula is C18H14BrF3O4. The lowest BCUT2D eigenvalue weighted by atomic mass is 10.1. The molecule has 0 bridgehead atoms. The van der Waals surface area contributed by atoms with Crippen LogP contribution in [0.15, 0.2) is 53.4 Å². The minimum atomic E-state index is -4.47. The van der Waals surface area contributed by atoms with E-state index in [1.54, 1.807) is 18.2 Å². The van der Waals surface area contributed by atoms with Crippen molar-refractivity contribution in [2.75, 3.05) is 7.11 Å². The largest absolute Gasteiger partial charge is 0.493 e. The minimum absolute atomic E-state index is 0.0264. The molecule has 0 saturated heterocycles. The van der Waals surface area contributed by atoms with Gasteiger partial charge in [-0.2, -0.15) is 13.2 Å². The summed E-state index contributed by atoms with van der Waals surface area (Å²) in [6, 6.07) is 8.89. The van der Waals surface area contributed by atoms with Crippen LogP contribution < -0.4 is 9.47 Å². The van der Waals surface area contributed by atoms with Crippen molar-refractivity contribution in [3.63, 3.8) is 0 Å². The molecule has 0 N–H and O–H groups in total. The third-order valence-electron chi connectivity index (χ3n) is 3.68. The number of alkyl halides is 3. The average molecular weight is 431 g/mol. The number of benzene rings is 2. The van der Waals surface area contributed by atoms with Crippen LogP contribution in [0, 0.1) is 0 Å². The second-order valence-electron chi connectivity index (χ2n) is 5.37. The van der Waals surface area contributed by atoms with Crippen molar-refractivity contribution in [3.8, 4) is 11.5 Å². The maximum absolute atomic E-state index is 13.2. The van der Waals surface area contributed by atoms with Gasteiger partial charge in [-0.25, -0.2) is 0 Å². The molecule has 26 heavy (non-hydrogen) atoms. The Morgan fingerprint density at radius 3 is 2.42 bits per heavy atom. The molecule has 0 atom stereocenters. The zero-order valence-corrected chi connectivity index (χ0v) is 15.1. The first-order valence-electron chi connectivity index (χ1n) is 7.51. The molecule has 3 rings (SSSR count). The van der Waals surface area contributed by atoms with Gasteiger partial charge in [0.25, 0.3) is 6.29 Å². The third kappa shape index (κ3) is 4.07. The van der Waals surface area contributed by atoms with Gasteiger partial charge >= 0.3 is 6.18 Å². The van der Waals surface area contributed by atoms with E-state index in [2.05, 4.69) is 15.9 Å². The fourth-order valence-electron chi connectivity index (χ4n) is 2.44. The zero-order valence-electron chi connectivity index (χ0n) is 13.5. The van der Waals surface area contributed by atoms with Crippen LogP contribution in [0.4, 0.5) is 13.2 Å². The Bertz CT molecular complexity index is 813. The van der Waals surface area contributed by atoms with E-state index in [0.29, 0.717) is 21.5 Å².